The highest BCUT2D eigenvalue weighted by Crippen LogP contribution is 2.42. The lowest BCUT2D eigenvalue weighted by Crippen LogP contribution is -2.34. The van der Waals surface area contributed by atoms with Gasteiger partial charge in [0.15, 0.2) is 5.79 Å². The van der Waals surface area contributed by atoms with Gasteiger partial charge in [-0.1, -0.05) is 24.3 Å². The Bertz CT molecular complexity index is 408. The topological polar surface area (TPSA) is 35.5 Å². The molecule has 0 N–H and O–H groups in total. The van der Waals surface area contributed by atoms with Crippen LogP contribution in [0.25, 0.3) is 0 Å². The lowest BCUT2D eigenvalue weighted by atomic mass is 9.81. The lowest BCUT2D eigenvalue weighted by Gasteiger charge is -2.35. The van der Waals surface area contributed by atoms with Crippen molar-refractivity contribution in [3.63, 3.8) is 0 Å². The molecule has 3 nitrogen and oxygen atoms in total. The van der Waals surface area contributed by atoms with Gasteiger partial charge in [0, 0.05) is 18.4 Å². The molecule has 2 fully saturated rings. The van der Waals surface area contributed by atoms with E-state index in [4.69, 9.17) is 9.47 Å². The fourth-order valence-corrected chi connectivity index (χ4v) is 3.02. The Morgan fingerprint density at radius 1 is 1.06 bits per heavy atom. The minimum Gasteiger partial charge on any atom is -0.348 e. The first-order chi connectivity index (χ1) is 8.81. The molecule has 1 saturated heterocycles. The van der Waals surface area contributed by atoms with Crippen LogP contribution in [-0.2, 0) is 9.47 Å². The van der Waals surface area contributed by atoms with Crippen molar-refractivity contribution in [2.75, 3.05) is 13.2 Å². The summed E-state index contributed by atoms with van der Waals surface area (Å²) in [7, 11) is 0. The van der Waals surface area contributed by atoms with Gasteiger partial charge in [-0.25, -0.2) is 0 Å². The third kappa shape index (κ3) is 2.20. The minimum absolute atomic E-state index is 0.279. The molecule has 1 heterocycles. The minimum atomic E-state index is -0.279. The van der Waals surface area contributed by atoms with Gasteiger partial charge in [-0.2, -0.15) is 0 Å². The maximum Gasteiger partial charge on any atom is 0.168 e. The molecular weight excluding hydrogens is 228 g/mol. The molecule has 0 amide bonds. The van der Waals surface area contributed by atoms with Gasteiger partial charge in [0.05, 0.1) is 13.2 Å². The first kappa shape index (κ1) is 11.9. The Hall–Kier alpha value is -1.19. The number of aldehydes is 1. The summed E-state index contributed by atoms with van der Waals surface area (Å²) in [5, 5.41) is 0. The van der Waals surface area contributed by atoms with E-state index in [1.807, 2.05) is 12.1 Å². The van der Waals surface area contributed by atoms with Crippen LogP contribution in [0.5, 0.6) is 0 Å². The molecule has 1 aliphatic carbocycles. The summed E-state index contributed by atoms with van der Waals surface area (Å²) in [5.41, 5.74) is 2.07. The van der Waals surface area contributed by atoms with Crippen LogP contribution < -0.4 is 0 Å². The highest BCUT2D eigenvalue weighted by atomic mass is 16.7. The second-order valence-electron chi connectivity index (χ2n) is 5.17. The Balaban J connectivity index is 1.66. The van der Waals surface area contributed by atoms with E-state index in [0.29, 0.717) is 5.92 Å². The zero-order valence-corrected chi connectivity index (χ0v) is 10.4. The van der Waals surface area contributed by atoms with Crippen molar-refractivity contribution < 1.29 is 14.3 Å². The molecule has 0 aromatic heterocycles. The van der Waals surface area contributed by atoms with Gasteiger partial charge < -0.3 is 9.47 Å². The molecule has 1 aliphatic heterocycles. The molecule has 3 rings (SSSR count). The van der Waals surface area contributed by atoms with Gasteiger partial charge in [0.1, 0.15) is 6.29 Å². The van der Waals surface area contributed by atoms with E-state index in [2.05, 4.69) is 12.1 Å². The van der Waals surface area contributed by atoms with Crippen molar-refractivity contribution in [2.45, 2.75) is 37.4 Å². The molecule has 1 aromatic rings. The summed E-state index contributed by atoms with van der Waals surface area (Å²) in [4.78, 5) is 10.6. The Labute approximate surface area is 107 Å². The maximum absolute atomic E-state index is 10.6. The van der Waals surface area contributed by atoms with Crippen molar-refractivity contribution in [1.82, 2.24) is 0 Å². The van der Waals surface area contributed by atoms with Gasteiger partial charge in [-0.05, 0) is 24.3 Å². The largest absolute Gasteiger partial charge is 0.348 e. The number of hydrogen-bond donors (Lipinski definition) is 0. The second-order valence-corrected chi connectivity index (χ2v) is 5.17. The highest BCUT2D eigenvalue weighted by molar-refractivity contribution is 5.74. The molecule has 0 radical (unpaired) electrons. The van der Waals surface area contributed by atoms with E-state index in [1.54, 1.807) is 0 Å². The number of benzene rings is 1. The molecule has 1 aromatic carbocycles. The van der Waals surface area contributed by atoms with Gasteiger partial charge in [0.2, 0.25) is 0 Å². The summed E-state index contributed by atoms with van der Waals surface area (Å²) >= 11 is 0. The summed E-state index contributed by atoms with van der Waals surface area (Å²) in [6, 6.07) is 7.94. The van der Waals surface area contributed by atoms with Crippen LogP contribution in [0.4, 0.5) is 0 Å². The van der Waals surface area contributed by atoms with Crippen molar-refractivity contribution in [1.29, 1.82) is 0 Å². The van der Waals surface area contributed by atoms with Gasteiger partial charge in [-0.3, -0.25) is 4.79 Å². The van der Waals surface area contributed by atoms with Crippen molar-refractivity contribution in [3.8, 4) is 0 Å². The number of rotatable bonds is 2. The maximum atomic E-state index is 10.6. The van der Waals surface area contributed by atoms with E-state index in [9.17, 15) is 4.79 Å². The monoisotopic (exact) mass is 246 g/mol. The van der Waals surface area contributed by atoms with Crippen LogP contribution in [0, 0.1) is 0 Å². The predicted octanol–water partition coefficient (Wildman–Crippen LogP) is 2.90. The molecule has 18 heavy (non-hydrogen) atoms. The van der Waals surface area contributed by atoms with Crippen LogP contribution in [-0.4, -0.2) is 25.3 Å². The van der Waals surface area contributed by atoms with Crippen molar-refractivity contribution in [3.05, 3.63) is 35.4 Å². The molecule has 0 unspecified atom stereocenters. The standard InChI is InChI=1S/C15H18O3/c16-11-12-1-3-13(4-2-12)14-5-7-15(8-6-14)17-9-10-18-15/h1-4,11,14H,5-10H2. The second kappa shape index (κ2) is 4.82. The van der Waals surface area contributed by atoms with E-state index in [-0.39, 0.29) is 5.79 Å². The Morgan fingerprint density at radius 3 is 2.22 bits per heavy atom. The summed E-state index contributed by atoms with van der Waals surface area (Å²) in [6.07, 6.45) is 5.04. The average Bonchev–Trinajstić information content (AvgIpc) is 2.88. The lowest BCUT2D eigenvalue weighted by molar-refractivity contribution is -0.178. The smallest absolute Gasteiger partial charge is 0.168 e. The van der Waals surface area contributed by atoms with Crippen LogP contribution in [0.3, 0.4) is 0 Å². The summed E-state index contributed by atoms with van der Waals surface area (Å²) in [5.74, 6) is 0.295. The SMILES string of the molecule is O=Cc1ccc(C2CCC3(CC2)OCCO3)cc1. The van der Waals surface area contributed by atoms with Crippen LogP contribution in [0.15, 0.2) is 24.3 Å². The summed E-state index contributed by atoms with van der Waals surface area (Å²) < 4.78 is 11.5. The van der Waals surface area contributed by atoms with Gasteiger partial charge in [-0.15, -0.1) is 0 Å². The first-order valence-electron chi connectivity index (χ1n) is 6.64. The third-order valence-electron chi connectivity index (χ3n) is 4.10. The van der Waals surface area contributed by atoms with E-state index < -0.39 is 0 Å². The molecule has 2 aliphatic rings. The third-order valence-corrected chi connectivity index (χ3v) is 4.10. The molecule has 1 spiro atoms. The number of carbonyl (C=O) groups excluding carboxylic acids is 1. The molecule has 0 bridgehead atoms. The van der Waals surface area contributed by atoms with Crippen LogP contribution in [0.1, 0.15) is 47.5 Å². The normalized spacial score (nSPS) is 23.3. The van der Waals surface area contributed by atoms with Gasteiger partial charge in [0.25, 0.3) is 0 Å². The van der Waals surface area contributed by atoms with E-state index >= 15 is 0 Å². The predicted molar refractivity (Wildman–Crippen MR) is 67.7 cm³/mol. The molecule has 3 heteroatoms. The van der Waals surface area contributed by atoms with Crippen molar-refractivity contribution >= 4 is 6.29 Å². The van der Waals surface area contributed by atoms with E-state index in [1.165, 1.54) is 5.56 Å². The fourth-order valence-electron chi connectivity index (χ4n) is 3.02. The quantitative estimate of drug-likeness (QED) is 0.753. The molecule has 1 saturated carbocycles. The first-order valence-corrected chi connectivity index (χ1v) is 6.64. The highest BCUT2D eigenvalue weighted by Gasteiger charge is 2.40. The van der Waals surface area contributed by atoms with E-state index in [0.717, 1.165) is 50.7 Å². The van der Waals surface area contributed by atoms with Crippen molar-refractivity contribution in [2.24, 2.45) is 0 Å². The molecular formula is C15H18O3. The Morgan fingerprint density at radius 2 is 1.67 bits per heavy atom. The number of ether oxygens (including phenoxy) is 2. The van der Waals surface area contributed by atoms with Crippen LogP contribution in [0.2, 0.25) is 0 Å². The number of carbonyl (C=O) groups is 1. The number of hydrogen-bond acceptors (Lipinski definition) is 3. The summed E-state index contributed by atoms with van der Waals surface area (Å²) in [6.45, 7) is 1.47. The van der Waals surface area contributed by atoms with Gasteiger partial charge >= 0.3 is 0 Å². The molecule has 96 valence electrons. The van der Waals surface area contributed by atoms with Crippen LogP contribution >= 0.6 is 0 Å². The Kier molecular flexibility index (Phi) is 3.18. The zero-order chi connectivity index (χ0) is 12.4. The molecule has 0 atom stereocenters. The average molecular weight is 246 g/mol. The fraction of sp³-hybridized carbons (Fsp3) is 0.533. The zero-order valence-electron chi connectivity index (χ0n) is 10.4.